The van der Waals surface area contributed by atoms with Crippen molar-refractivity contribution in [3.63, 3.8) is 0 Å². The van der Waals surface area contributed by atoms with Gasteiger partial charge in [-0.05, 0) is 115 Å². The van der Waals surface area contributed by atoms with Gasteiger partial charge in [0.25, 0.3) is 0 Å². The minimum absolute atomic E-state index is 0.694. The van der Waals surface area contributed by atoms with Gasteiger partial charge in [-0.2, -0.15) is 0 Å². The van der Waals surface area contributed by atoms with Gasteiger partial charge in [-0.15, -0.1) is 0 Å². The third-order valence-electron chi connectivity index (χ3n) is 11.7. The van der Waals surface area contributed by atoms with Crippen LogP contribution < -0.4 is 9.30 Å². The molecule has 6 heterocycles. The molecule has 2 aliphatic heterocycles. The Bertz CT molecular complexity index is 3050. The van der Waals surface area contributed by atoms with Crippen LogP contribution in [0.15, 0.2) is 164 Å². The highest BCUT2D eigenvalue weighted by Crippen LogP contribution is 2.38. The van der Waals surface area contributed by atoms with Gasteiger partial charge in [-0.25, -0.2) is 14.5 Å². The van der Waals surface area contributed by atoms with Crippen LogP contribution in [-0.2, 0) is 6.54 Å². The van der Waals surface area contributed by atoms with Crippen LogP contribution in [0.3, 0.4) is 0 Å². The molecule has 0 fully saturated rings. The van der Waals surface area contributed by atoms with Gasteiger partial charge >= 0.3 is 0 Å². The lowest BCUT2D eigenvalue weighted by Gasteiger charge is -2.09. The first-order chi connectivity index (χ1) is 30.6. The molecule has 0 radical (unpaired) electrons. The predicted octanol–water partition coefficient (Wildman–Crippen LogP) is 13.6. The largest absolute Gasteiger partial charge is 0.494 e. The Morgan fingerprint density at radius 3 is 1.29 bits per heavy atom. The highest BCUT2D eigenvalue weighted by molar-refractivity contribution is 5.99. The maximum atomic E-state index is 6.28. The number of nitrogens with zero attached hydrogens (tertiary/aromatic N) is 3. The van der Waals surface area contributed by atoms with Gasteiger partial charge in [-0.1, -0.05) is 103 Å². The highest BCUT2D eigenvalue weighted by Gasteiger charge is 2.19. The normalized spacial score (nSPS) is 11.9. The lowest BCUT2D eigenvalue weighted by molar-refractivity contribution is -0.697. The number of H-pyrrole nitrogens is 2. The van der Waals surface area contributed by atoms with Gasteiger partial charge in [-0.3, -0.25) is 0 Å². The van der Waals surface area contributed by atoms with Gasteiger partial charge in [0, 0.05) is 62.4 Å². The van der Waals surface area contributed by atoms with Crippen molar-refractivity contribution in [3.8, 4) is 50.3 Å². The van der Waals surface area contributed by atoms with Crippen LogP contribution in [-0.4, -0.2) is 26.5 Å². The Kier molecular flexibility index (Phi) is 10.9. The number of nitrogens with one attached hydrogen (secondary N) is 2. The van der Waals surface area contributed by atoms with Crippen molar-refractivity contribution in [1.82, 2.24) is 19.9 Å². The van der Waals surface area contributed by atoms with E-state index in [4.69, 9.17) is 14.7 Å². The maximum Gasteiger partial charge on any atom is 0.171 e. The van der Waals surface area contributed by atoms with Crippen molar-refractivity contribution in [2.75, 3.05) is 6.61 Å². The van der Waals surface area contributed by atoms with E-state index >= 15 is 0 Å². The molecule has 6 nitrogen and oxygen atoms in total. The Hall–Kier alpha value is -7.57. The SMILES string of the molecule is Cc1ccc[n+](CCCCCCOc2ccc(-c3c4nc(c(-c5ccccc5)c5ccc([nH]5)c(-c5ccccc5)c5nc(c(-c6ccccc6)c6ccc3[nH]6)C=C5)C=C4)cc2)c1. The number of aromatic amines is 2. The molecular weight excluding hydrogens is 759 g/mol. The third-order valence-corrected chi connectivity index (χ3v) is 11.7. The number of hydrogen-bond donors (Lipinski definition) is 2. The Balaban J connectivity index is 1.09. The smallest absolute Gasteiger partial charge is 0.171 e. The van der Waals surface area contributed by atoms with Crippen LogP contribution in [0.5, 0.6) is 5.75 Å². The number of ether oxygens (including phenoxy) is 1. The zero-order valence-corrected chi connectivity index (χ0v) is 34.9. The molecule has 0 aliphatic carbocycles. The lowest BCUT2D eigenvalue weighted by atomic mass is 10.0. The van der Waals surface area contributed by atoms with Crippen LogP contribution in [0, 0.1) is 6.92 Å². The summed E-state index contributed by atoms with van der Waals surface area (Å²) in [5, 5.41) is 0. The van der Waals surface area contributed by atoms with E-state index in [1.807, 2.05) is 0 Å². The highest BCUT2D eigenvalue weighted by atomic mass is 16.5. The number of benzene rings is 4. The number of aryl methyl sites for hydroxylation is 2. The zero-order valence-electron chi connectivity index (χ0n) is 34.9. The van der Waals surface area contributed by atoms with Crippen molar-refractivity contribution >= 4 is 46.4 Å². The van der Waals surface area contributed by atoms with E-state index < -0.39 is 0 Å². The standard InChI is InChI=1S/C56H48N5O/c1-39-16-15-36-61(38-39)35-13-2-3-14-37-62-44-25-23-43(24-26-44)56-51-33-31-49(59-51)54(41-19-9-5-10-20-41)47-29-27-45(57-47)53(40-17-7-4-8-18-40)46-28-30-48(58-46)55(42-21-11-6-12-22-42)50-32-34-52(56)60-50/h4-12,15-34,36,38,57,60H,2-3,13-14,35,37H2,1H3/q+1. The van der Waals surface area contributed by atoms with Crippen LogP contribution in [0.2, 0.25) is 0 Å². The van der Waals surface area contributed by atoms with Crippen molar-refractivity contribution in [1.29, 1.82) is 0 Å². The fourth-order valence-electron chi connectivity index (χ4n) is 8.68. The number of fused-ring (bicyclic) bond motifs is 8. The molecule has 2 N–H and O–H groups in total. The summed E-state index contributed by atoms with van der Waals surface area (Å²) in [6.07, 6.45) is 17.5. The third kappa shape index (κ3) is 8.15. The molecule has 0 spiro atoms. The number of rotatable bonds is 12. The van der Waals surface area contributed by atoms with Crippen molar-refractivity contribution < 1.29 is 9.30 Å². The Morgan fingerprint density at radius 1 is 0.435 bits per heavy atom. The van der Waals surface area contributed by atoms with Gasteiger partial charge < -0.3 is 14.7 Å². The van der Waals surface area contributed by atoms with E-state index in [9.17, 15) is 0 Å². The summed E-state index contributed by atoms with van der Waals surface area (Å²) in [4.78, 5) is 18.5. The van der Waals surface area contributed by atoms with Crippen LogP contribution in [0.4, 0.5) is 0 Å². The Morgan fingerprint density at radius 2 is 0.855 bits per heavy atom. The van der Waals surface area contributed by atoms with E-state index in [1.165, 1.54) is 18.4 Å². The fraction of sp³-hybridized carbons (Fsp3) is 0.125. The van der Waals surface area contributed by atoms with Gasteiger partial charge in [0.2, 0.25) is 0 Å². The molecule has 0 atom stereocenters. The predicted molar refractivity (Wildman–Crippen MR) is 256 cm³/mol. The molecule has 302 valence electrons. The molecule has 0 saturated carbocycles. The molecule has 62 heavy (non-hydrogen) atoms. The number of hydrogen-bond acceptors (Lipinski definition) is 3. The number of aromatic nitrogens is 5. The van der Waals surface area contributed by atoms with E-state index in [0.717, 1.165) is 114 Å². The second-order valence-corrected chi connectivity index (χ2v) is 16.0. The summed E-state index contributed by atoms with van der Waals surface area (Å²) in [5.74, 6) is 0.868. The van der Waals surface area contributed by atoms with Crippen LogP contribution in [0.25, 0.3) is 90.9 Å². The topological polar surface area (TPSA) is 70.5 Å². The molecule has 0 amide bonds. The first-order valence-electron chi connectivity index (χ1n) is 21.7. The van der Waals surface area contributed by atoms with Crippen molar-refractivity contribution in [2.24, 2.45) is 0 Å². The maximum absolute atomic E-state index is 6.28. The van der Waals surface area contributed by atoms with E-state index in [0.29, 0.717) is 6.61 Å². The first-order valence-corrected chi connectivity index (χ1v) is 21.7. The van der Waals surface area contributed by atoms with E-state index in [1.54, 1.807) is 0 Å². The molecular formula is C56H48N5O+. The van der Waals surface area contributed by atoms with E-state index in [-0.39, 0.29) is 0 Å². The summed E-state index contributed by atoms with van der Waals surface area (Å²) < 4.78 is 8.56. The molecule has 4 aromatic heterocycles. The summed E-state index contributed by atoms with van der Waals surface area (Å²) in [6, 6.07) is 53.0. The molecule has 0 saturated heterocycles. The molecule has 10 rings (SSSR count). The number of pyridine rings is 1. The second kappa shape index (κ2) is 17.6. The van der Waals surface area contributed by atoms with Gasteiger partial charge in [0.15, 0.2) is 12.4 Å². The molecule has 0 unspecified atom stereocenters. The number of unbranched alkanes of at least 4 members (excludes halogenated alkanes) is 3. The lowest BCUT2D eigenvalue weighted by Crippen LogP contribution is -2.32. The average molecular weight is 807 g/mol. The van der Waals surface area contributed by atoms with Crippen molar-refractivity contribution in [2.45, 2.75) is 39.2 Å². The van der Waals surface area contributed by atoms with E-state index in [2.05, 4.69) is 210 Å². The van der Waals surface area contributed by atoms with Crippen molar-refractivity contribution in [3.05, 3.63) is 192 Å². The van der Waals surface area contributed by atoms with Crippen LogP contribution >= 0.6 is 0 Å². The minimum Gasteiger partial charge on any atom is -0.494 e. The van der Waals surface area contributed by atoms with Crippen LogP contribution in [0.1, 0.15) is 54.0 Å². The summed E-state index contributed by atoms with van der Waals surface area (Å²) >= 11 is 0. The summed E-state index contributed by atoms with van der Waals surface area (Å²) in [6.45, 7) is 3.89. The van der Waals surface area contributed by atoms with Gasteiger partial charge in [0.05, 0.1) is 29.4 Å². The molecule has 6 heteroatoms. The summed E-state index contributed by atoms with van der Waals surface area (Å²) in [5.41, 5.74) is 17.2. The molecule has 8 bridgehead atoms. The van der Waals surface area contributed by atoms with Gasteiger partial charge in [0.1, 0.15) is 12.3 Å². The summed E-state index contributed by atoms with van der Waals surface area (Å²) in [7, 11) is 0. The Labute approximate surface area is 362 Å². The fourth-order valence-corrected chi connectivity index (χ4v) is 8.68. The monoisotopic (exact) mass is 806 g/mol. The zero-order chi connectivity index (χ0) is 41.7. The minimum atomic E-state index is 0.694. The molecule has 2 aliphatic rings. The molecule has 8 aromatic rings. The molecule has 4 aromatic carbocycles. The second-order valence-electron chi connectivity index (χ2n) is 16.0. The quantitative estimate of drug-likeness (QED) is 0.0954. The average Bonchev–Trinajstić information content (AvgIpc) is 4.16. The first kappa shape index (κ1) is 38.6.